The molecule has 0 fully saturated rings. The highest BCUT2D eigenvalue weighted by Gasteiger charge is 2.40. The lowest BCUT2D eigenvalue weighted by Gasteiger charge is -2.32. The second kappa shape index (κ2) is 6.23. The number of aliphatic hydroxyl groups excluding tert-OH is 1. The third-order valence-electron chi connectivity index (χ3n) is 3.83. The second-order valence-corrected chi connectivity index (χ2v) is 5.52. The lowest BCUT2D eigenvalue weighted by molar-refractivity contribution is -0.200. The SMILES string of the molecule is O=c1cc(-c2ccncc2)nc2n1CCCN2CC(O)C(F)(F)F. The fourth-order valence-electron chi connectivity index (χ4n) is 2.62. The largest absolute Gasteiger partial charge is 0.416 e. The number of pyridine rings is 1. The summed E-state index contributed by atoms with van der Waals surface area (Å²) in [4.78, 5) is 21.8. The first-order valence-electron chi connectivity index (χ1n) is 7.38. The fourth-order valence-corrected chi connectivity index (χ4v) is 2.62. The number of β-amino-alcohol motifs (C(OH)–C–C–N with tert-alkyl or cyclic N) is 1. The Balaban J connectivity index is 1.99. The summed E-state index contributed by atoms with van der Waals surface area (Å²) in [7, 11) is 0. The van der Waals surface area contributed by atoms with Crippen molar-refractivity contribution in [3.8, 4) is 11.3 Å². The Morgan fingerprint density at radius 2 is 1.96 bits per heavy atom. The van der Waals surface area contributed by atoms with Crippen molar-refractivity contribution in [2.24, 2.45) is 0 Å². The molecule has 6 nitrogen and oxygen atoms in total. The van der Waals surface area contributed by atoms with E-state index in [-0.39, 0.29) is 11.5 Å². The van der Waals surface area contributed by atoms with Crippen molar-refractivity contribution < 1.29 is 18.3 Å². The van der Waals surface area contributed by atoms with Gasteiger partial charge in [0.05, 0.1) is 12.2 Å². The Bertz CT molecular complexity index is 777. The number of hydrogen-bond acceptors (Lipinski definition) is 5. The maximum absolute atomic E-state index is 12.6. The van der Waals surface area contributed by atoms with Gasteiger partial charge in [0.2, 0.25) is 5.95 Å². The number of hydrogen-bond donors (Lipinski definition) is 1. The van der Waals surface area contributed by atoms with Crippen LogP contribution in [-0.2, 0) is 6.54 Å². The van der Waals surface area contributed by atoms with Gasteiger partial charge in [-0.05, 0) is 18.6 Å². The first-order chi connectivity index (χ1) is 11.4. The summed E-state index contributed by atoms with van der Waals surface area (Å²) in [5.74, 6) is 0.142. The smallest absolute Gasteiger partial charge is 0.382 e. The summed E-state index contributed by atoms with van der Waals surface area (Å²) >= 11 is 0. The van der Waals surface area contributed by atoms with Gasteiger partial charge in [0, 0.05) is 37.1 Å². The van der Waals surface area contributed by atoms with Gasteiger partial charge in [0.1, 0.15) is 0 Å². The van der Waals surface area contributed by atoms with Crippen LogP contribution in [0, 0.1) is 0 Å². The molecule has 0 aromatic carbocycles. The van der Waals surface area contributed by atoms with E-state index in [0.29, 0.717) is 30.8 Å². The van der Waals surface area contributed by atoms with Crippen LogP contribution in [0.15, 0.2) is 35.4 Å². The third kappa shape index (κ3) is 3.25. The minimum Gasteiger partial charge on any atom is -0.382 e. The zero-order chi connectivity index (χ0) is 17.3. The van der Waals surface area contributed by atoms with Crippen LogP contribution in [0.25, 0.3) is 11.3 Å². The number of halogens is 3. The molecule has 0 amide bonds. The zero-order valence-corrected chi connectivity index (χ0v) is 12.6. The van der Waals surface area contributed by atoms with Crippen LogP contribution in [-0.4, -0.2) is 45.0 Å². The second-order valence-electron chi connectivity index (χ2n) is 5.52. The third-order valence-corrected chi connectivity index (χ3v) is 3.83. The van der Waals surface area contributed by atoms with Crippen LogP contribution in [0.3, 0.4) is 0 Å². The lowest BCUT2D eigenvalue weighted by atomic mass is 10.2. The molecule has 3 heterocycles. The van der Waals surface area contributed by atoms with Crippen molar-refractivity contribution in [1.29, 1.82) is 0 Å². The Labute approximate surface area is 135 Å². The summed E-state index contributed by atoms with van der Waals surface area (Å²) in [6.45, 7) is 0.0194. The molecular formula is C15H15F3N4O2. The first-order valence-corrected chi connectivity index (χ1v) is 7.38. The Kier molecular flexibility index (Phi) is 4.27. The highest BCUT2D eigenvalue weighted by Crippen LogP contribution is 2.25. The van der Waals surface area contributed by atoms with Crippen molar-refractivity contribution in [1.82, 2.24) is 14.5 Å². The molecule has 1 aliphatic rings. The van der Waals surface area contributed by atoms with Gasteiger partial charge in [-0.15, -0.1) is 0 Å². The fraction of sp³-hybridized carbons (Fsp3) is 0.400. The van der Waals surface area contributed by atoms with Crippen molar-refractivity contribution in [2.45, 2.75) is 25.2 Å². The van der Waals surface area contributed by atoms with E-state index >= 15 is 0 Å². The average molecular weight is 340 g/mol. The minimum atomic E-state index is -4.72. The molecule has 0 bridgehead atoms. The summed E-state index contributed by atoms with van der Waals surface area (Å²) < 4.78 is 39.2. The molecule has 1 atom stereocenters. The van der Waals surface area contributed by atoms with Crippen molar-refractivity contribution in [3.05, 3.63) is 40.9 Å². The van der Waals surface area contributed by atoms with Gasteiger partial charge in [0.15, 0.2) is 6.10 Å². The van der Waals surface area contributed by atoms with Gasteiger partial charge in [-0.2, -0.15) is 13.2 Å². The number of nitrogens with zero attached hydrogens (tertiary/aromatic N) is 4. The topological polar surface area (TPSA) is 71.2 Å². The lowest BCUT2D eigenvalue weighted by Crippen LogP contribution is -2.46. The van der Waals surface area contributed by atoms with E-state index in [1.165, 1.54) is 15.5 Å². The van der Waals surface area contributed by atoms with Crippen LogP contribution in [0.5, 0.6) is 0 Å². The number of anilines is 1. The molecule has 9 heteroatoms. The van der Waals surface area contributed by atoms with Gasteiger partial charge in [-0.3, -0.25) is 14.3 Å². The monoisotopic (exact) mass is 340 g/mol. The van der Waals surface area contributed by atoms with E-state index in [2.05, 4.69) is 9.97 Å². The standard InChI is InChI=1S/C15H15F3N4O2/c16-15(17,18)12(23)9-21-6-1-7-22-13(24)8-11(20-14(21)22)10-2-4-19-5-3-10/h2-5,8,12,23H,1,6-7,9H2. The molecule has 2 aromatic rings. The highest BCUT2D eigenvalue weighted by atomic mass is 19.4. The molecule has 1 unspecified atom stereocenters. The summed E-state index contributed by atoms with van der Waals surface area (Å²) in [5, 5.41) is 9.33. The summed E-state index contributed by atoms with van der Waals surface area (Å²) in [5.41, 5.74) is 0.674. The van der Waals surface area contributed by atoms with E-state index in [4.69, 9.17) is 0 Å². The van der Waals surface area contributed by atoms with Crippen LogP contribution >= 0.6 is 0 Å². The molecule has 0 radical (unpaired) electrons. The van der Waals surface area contributed by atoms with Crippen LogP contribution in [0.2, 0.25) is 0 Å². The molecule has 0 saturated heterocycles. The van der Waals surface area contributed by atoms with Crippen LogP contribution in [0.1, 0.15) is 6.42 Å². The highest BCUT2D eigenvalue weighted by molar-refractivity contribution is 5.59. The Morgan fingerprint density at radius 1 is 1.25 bits per heavy atom. The average Bonchev–Trinajstić information content (AvgIpc) is 2.55. The van der Waals surface area contributed by atoms with E-state index in [9.17, 15) is 23.1 Å². The van der Waals surface area contributed by atoms with Gasteiger partial charge in [0.25, 0.3) is 5.56 Å². The van der Waals surface area contributed by atoms with Crippen molar-refractivity contribution >= 4 is 5.95 Å². The summed E-state index contributed by atoms with van der Waals surface area (Å²) in [6.07, 6.45) is -3.62. The predicted octanol–water partition coefficient (Wildman–Crippen LogP) is 1.44. The van der Waals surface area contributed by atoms with E-state index in [0.717, 1.165) is 0 Å². The molecule has 128 valence electrons. The van der Waals surface area contributed by atoms with Gasteiger partial charge in [-0.1, -0.05) is 0 Å². The van der Waals surface area contributed by atoms with Crippen molar-refractivity contribution in [3.63, 3.8) is 0 Å². The zero-order valence-electron chi connectivity index (χ0n) is 12.6. The molecule has 0 spiro atoms. The van der Waals surface area contributed by atoms with E-state index in [1.807, 2.05) is 0 Å². The molecule has 1 N–H and O–H groups in total. The quantitative estimate of drug-likeness (QED) is 0.915. The number of fused-ring (bicyclic) bond motifs is 1. The number of aromatic nitrogens is 3. The molecule has 3 rings (SSSR count). The van der Waals surface area contributed by atoms with Crippen LogP contribution < -0.4 is 10.5 Å². The molecule has 1 aliphatic heterocycles. The van der Waals surface area contributed by atoms with Crippen LogP contribution in [0.4, 0.5) is 19.1 Å². The van der Waals surface area contributed by atoms with E-state index < -0.39 is 18.8 Å². The summed E-state index contributed by atoms with van der Waals surface area (Å²) in [6, 6.07) is 4.68. The maximum atomic E-state index is 12.6. The Morgan fingerprint density at radius 3 is 2.62 bits per heavy atom. The molecule has 0 saturated carbocycles. The van der Waals surface area contributed by atoms with Gasteiger partial charge >= 0.3 is 6.18 Å². The molecule has 0 aliphatic carbocycles. The number of alkyl halides is 3. The minimum absolute atomic E-state index is 0.142. The Hall–Kier alpha value is -2.42. The first kappa shape index (κ1) is 16.4. The van der Waals surface area contributed by atoms with Gasteiger partial charge < -0.3 is 10.0 Å². The molecule has 2 aromatic heterocycles. The molecule has 24 heavy (non-hydrogen) atoms. The maximum Gasteiger partial charge on any atom is 0.416 e. The molecular weight excluding hydrogens is 325 g/mol. The predicted molar refractivity (Wildman–Crippen MR) is 80.6 cm³/mol. The normalized spacial score (nSPS) is 15.9. The number of aliphatic hydroxyl groups is 1. The van der Waals surface area contributed by atoms with E-state index in [1.54, 1.807) is 24.5 Å². The van der Waals surface area contributed by atoms with Crippen molar-refractivity contribution in [2.75, 3.05) is 18.0 Å². The van der Waals surface area contributed by atoms with Gasteiger partial charge in [-0.25, -0.2) is 4.98 Å². The number of rotatable bonds is 3.